The third kappa shape index (κ3) is 3.19. The predicted octanol–water partition coefficient (Wildman–Crippen LogP) is 3.56. The molecule has 1 saturated carbocycles. The van der Waals surface area contributed by atoms with Crippen LogP contribution in [0.15, 0.2) is 29.0 Å². The summed E-state index contributed by atoms with van der Waals surface area (Å²) in [6.45, 7) is 0. The van der Waals surface area contributed by atoms with E-state index in [1.165, 1.54) is 30.1 Å². The number of carbonyl (C=O) groups is 1. The van der Waals surface area contributed by atoms with Crippen molar-refractivity contribution < 1.29 is 18.3 Å². The Kier molecular flexibility index (Phi) is 4.93. The number of hydrogen-bond donors (Lipinski definition) is 0. The summed E-state index contributed by atoms with van der Waals surface area (Å²) in [5.74, 6) is -1.78. The van der Waals surface area contributed by atoms with Crippen molar-refractivity contribution in [2.75, 3.05) is 7.11 Å². The van der Waals surface area contributed by atoms with E-state index < -0.39 is 23.9 Å². The molecule has 0 N–H and O–H groups in total. The average molecular weight is 400 g/mol. The number of esters is 1. The van der Waals surface area contributed by atoms with Gasteiger partial charge in [0.05, 0.1) is 23.2 Å². The summed E-state index contributed by atoms with van der Waals surface area (Å²) in [6, 6.07) is 2.79. The number of aromatic nitrogens is 3. The first-order valence-corrected chi connectivity index (χ1v) is 8.38. The van der Waals surface area contributed by atoms with E-state index in [2.05, 4.69) is 26.0 Å². The van der Waals surface area contributed by atoms with Gasteiger partial charge in [-0.05, 0) is 47.3 Å². The van der Waals surface area contributed by atoms with Crippen molar-refractivity contribution in [1.29, 1.82) is 0 Å². The van der Waals surface area contributed by atoms with E-state index in [1.807, 2.05) is 0 Å². The topological polar surface area (TPSA) is 57.0 Å². The number of alkyl halides is 1. The van der Waals surface area contributed by atoms with E-state index in [0.29, 0.717) is 23.0 Å². The second-order valence-electron chi connectivity index (χ2n) is 5.76. The molecule has 3 rings (SSSR count). The number of pyridine rings is 1. The van der Waals surface area contributed by atoms with Gasteiger partial charge in [0.25, 0.3) is 0 Å². The quantitative estimate of drug-likeness (QED) is 0.740. The molecule has 2 aromatic heterocycles. The van der Waals surface area contributed by atoms with Crippen LogP contribution in [0.5, 0.6) is 0 Å². The van der Waals surface area contributed by atoms with Gasteiger partial charge < -0.3 is 4.74 Å². The van der Waals surface area contributed by atoms with Gasteiger partial charge in [-0.25, -0.2) is 18.4 Å². The Morgan fingerprint density at radius 2 is 2.25 bits per heavy atom. The van der Waals surface area contributed by atoms with E-state index in [-0.39, 0.29) is 18.2 Å². The van der Waals surface area contributed by atoms with Gasteiger partial charge >= 0.3 is 5.97 Å². The molecule has 1 aliphatic carbocycles. The highest BCUT2D eigenvalue weighted by Gasteiger charge is 2.39. The summed E-state index contributed by atoms with van der Waals surface area (Å²) in [6.07, 6.45) is 2.97. The zero-order valence-corrected chi connectivity index (χ0v) is 14.5. The van der Waals surface area contributed by atoms with Crippen LogP contribution in [-0.2, 0) is 9.53 Å². The second-order valence-corrected chi connectivity index (χ2v) is 6.62. The minimum Gasteiger partial charge on any atom is -0.469 e. The molecule has 2 heterocycles. The van der Waals surface area contributed by atoms with Crippen LogP contribution in [0, 0.1) is 11.7 Å². The van der Waals surface area contributed by atoms with Gasteiger partial charge in [0, 0.05) is 18.3 Å². The molecule has 0 amide bonds. The third-order valence-electron chi connectivity index (χ3n) is 4.29. The lowest BCUT2D eigenvalue weighted by molar-refractivity contribution is -0.148. The van der Waals surface area contributed by atoms with Gasteiger partial charge in [-0.2, -0.15) is 5.10 Å². The summed E-state index contributed by atoms with van der Waals surface area (Å²) < 4.78 is 34.4. The number of methoxy groups -OCH3 is 1. The molecule has 5 nitrogen and oxygen atoms in total. The monoisotopic (exact) mass is 399 g/mol. The lowest BCUT2D eigenvalue weighted by atomic mass is 9.76. The number of carbonyl (C=O) groups excluding carboxylic acids is 1. The van der Waals surface area contributed by atoms with Crippen LogP contribution in [0.25, 0.3) is 5.82 Å². The molecule has 3 atom stereocenters. The summed E-state index contributed by atoms with van der Waals surface area (Å²) in [4.78, 5) is 16.0. The van der Waals surface area contributed by atoms with Crippen LogP contribution in [0.1, 0.15) is 30.9 Å². The molecule has 0 unspecified atom stereocenters. The standard InChI is InChI=1S/C16H16BrF2N3O2/c1-24-16(23)11-7-9(18)4-5-10(11)14-12(17)8-22(21-14)15-13(19)3-2-6-20-15/h2-3,6,8-11H,4-5,7H2,1H3/t9-,10+,11+/m0/s1. The Bertz CT molecular complexity index is 753. The van der Waals surface area contributed by atoms with Crippen molar-refractivity contribution >= 4 is 21.9 Å². The minimum absolute atomic E-state index is 0.0678. The predicted molar refractivity (Wildman–Crippen MR) is 86.0 cm³/mol. The molecule has 0 saturated heterocycles. The van der Waals surface area contributed by atoms with Gasteiger partial charge in [-0.15, -0.1) is 0 Å². The molecule has 2 aromatic rings. The normalized spacial score (nSPS) is 23.9. The van der Waals surface area contributed by atoms with E-state index in [9.17, 15) is 13.6 Å². The van der Waals surface area contributed by atoms with Crippen LogP contribution in [0.2, 0.25) is 0 Å². The van der Waals surface area contributed by atoms with Crippen molar-refractivity contribution in [3.8, 4) is 5.82 Å². The molecular formula is C16H16BrF2N3O2. The zero-order valence-electron chi connectivity index (χ0n) is 13.0. The Hall–Kier alpha value is -1.83. The van der Waals surface area contributed by atoms with Crippen LogP contribution in [-0.4, -0.2) is 34.0 Å². The number of rotatable bonds is 3. The summed E-state index contributed by atoms with van der Waals surface area (Å²) in [7, 11) is 1.29. The van der Waals surface area contributed by atoms with Crippen molar-refractivity contribution in [1.82, 2.24) is 14.8 Å². The first-order chi connectivity index (χ1) is 11.5. The van der Waals surface area contributed by atoms with Gasteiger partial charge in [-0.1, -0.05) is 0 Å². The Morgan fingerprint density at radius 1 is 1.46 bits per heavy atom. The van der Waals surface area contributed by atoms with Crippen molar-refractivity contribution in [2.24, 2.45) is 5.92 Å². The maximum absolute atomic E-state index is 13.9. The fourth-order valence-electron chi connectivity index (χ4n) is 3.13. The maximum Gasteiger partial charge on any atom is 0.309 e. The molecule has 0 bridgehead atoms. The van der Waals surface area contributed by atoms with Crippen LogP contribution >= 0.6 is 15.9 Å². The van der Waals surface area contributed by atoms with Crippen LogP contribution in [0.3, 0.4) is 0 Å². The molecule has 128 valence electrons. The van der Waals surface area contributed by atoms with Gasteiger partial charge in [0.15, 0.2) is 11.6 Å². The smallest absolute Gasteiger partial charge is 0.309 e. The Balaban J connectivity index is 1.97. The number of hydrogen-bond acceptors (Lipinski definition) is 4. The van der Waals surface area contributed by atoms with Crippen molar-refractivity contribution in [2.45, 2.75) is 31.4 Å². The fourth-order valence-corrected chi connectivity index (χ4v) is 3.70. The van der Waals surface area contributed by atoms with E-state index in [0.717, 1.165) is 0 Å². The Morgan fingerprint density at radius 3 is 2.96 bits per heavy atom. The van der Waals surface area contributed by atoms with Crippen molar-refractivity contribution in [3.63, 3.8) is 0 Å². The highest BCUT2D eigenvalue weighted by molar-refractivity contribution is 9.10. The number of ether oxygens (including phenoxy) is 1. The SMILES string of the molecule is COC(=O)[C@@H]1C[C@@H](F)CC[C@H]1c1nn(-c2ncccc2F)cc1Br. The zero-order chi connectivity index (χ0) is 17.3. The molecular weight excluding hydrogens is 384 g/mol. The molecule has 1 aliphatic rings. The minimum atomic E-state index is -1.03. The highest BCUT2D eigenvalue weighted by atomic mass is 79.9. The van der Waals surface area contributed by atoms with Crippen molar-refractivity contribution in [3.05, 3.63) is 40.5 Å². The van der Waals surface area contributed by atoms with Crippen LogP contribution in [0.4, 0.5) is 8.78 Å². The lowest BCUT2D eigenvalue weighted by Crippen LogP contribution is -2.31. The maximum atomic E-state index is 13.9. The summed E-state index contributed by atoms with van der Waals surface area (Å²) >= 11 is 3.41. The van der Waals surface area contributed by atoms with E-state index in [1.54, 1.807) is 6.20 Å². The number of halogens is 3. The van der Waals surface area contributed by atoms with Gasteiger partial charge in [0.1, 0.15) is 6.17 Å². The second kappa shape index (κ2) is 6.96. The molecule has 0 aromatic carbocycles. The molecule has 1 fully saturated rings. The molecule has 0 aliphatic heterocycles. The van der Waals surface area contributed by atoms with Crippen LogP contribution < -0.4 is 0 Å². The van der Waals surface area contributed by atoms with Gasteiger partial charge in [-0.3, -0.25) is 4.79 Å². The molecule has 0 radical (unpaired) electrons. The molecule has 24 heavy (non-hydrogen) atoms. The van der Waals surface area contributed by atoms with E-state index in [4.69, 9.17) is 4.74 Å². The summed E-state index contributed by atoms with van der Waals surface area (Å²) in [5.41, 5.74) is 0.586. The summed E-state index contributed by atoms with van der Waals surface area (Å²) in [5, 5.41) is 4.39. The largest absolute Gasteiger partial charge is 0.469 e. The molecule has 0 spiro atoms. The first-order valence-electron chi connectivity index (χ1n) is 7.59. The third-order valence-corrected chi connectivity index (χ3v) is 4.90. The highest BCUT2D eigenvalue weighted by Crippen LogP contribution is 2.41. The number of nitrogens with zero attached hydrogens (tertiary/aromatic N) is 3. The first kappa shape index (κ1) is 17.0. The Labute approximate surface area is 146 Å². The lowest BCUT2D eigenvalue weighted by Gasteiger charge is -2.30. The fraction of sp³-hybridized carbons (Fsp3) is 0.438. The van der Waals surface area contributed by atoms with E-state index >= 15 is 0 Å². The average Bonchev–Trinajstić information content (AvgIpc) is 2.96. The molecule has 8 heteroatoms. The van der Waals surface area contributed by atoms with Gasteiger partial charge in [0.2, 0.25) is 0 Å².